The van der Waals surface area contributed by atoms with Crippen molar-refractivity contribution in [3.63, 3.8) is 0 Å². The van der Waals surface area contributed by atoms with Crippen LogP contribution in [-0.4, -0.2) is 49.7 Å². The molecule has 0 saturated carbocycles. The zero-order valence-corrected chi connectivity index (χ0v) is 12.4. The highest BCUT2D eigenvalue weighted by Crippen LogP contribution is 2.23. The summed E-state index contributed by atoms with van der Waals surface area (Å²) in [6.07, 6.45) is 5.42. The van der Waals surface area contributed by atoms with Crippen molar-refractivity contribution in [3.8, 4) is 0 Å². The van der Waals surface area contributed by atoms with Crippen molar-refractivity contribution in [1.29, 1.82) is 0 Å². The van der Waals surface area contributed by atoms with Gasteiger partial charge in [0.2, 0.25) is 0 Å². The number of aromatic nitrogens is 1. The number of aryl methyl sites for hydroxylation is 1. The second-order valence-corrected chi connectivity index (χ2v) is 5.73. The summed E-state index contributed by atoms with van der Waals surface area (Å²) < 4.78 is 0. The molecule has 0 radical (unpaired) electrons. The Morgan fingerprint density at radius 3 is 2.89 bits per heavy atom. The van der Waals surface area contributed by atoms with Gasteiger partial charge in [-0.25, -0.2) is 4.98 Å². The molecule has 0 spiro atoms. The van der Waals surface area contributed by atoms with Crippen LogP contribution in [0.3, 0.4) is 0 Å². The van der Waals surface area contributed by atoms with Crippen molar-refractivity contribution in [2.45, 2.75) is 32.2 Å². The maximum Gasteiger partial charge on any atom is 0.131 e. The van der Waals surface area contributed by atoms with Crippen LogP contribution in [0.15, 0.2) is 12.3 Å². The fourth-order valence-corrected chi connectivity index (χ4v) is 2.83. The van der Waals surface area contributed by atoms with Crippen molar-refractivity contribution >= 4 is 5.82 Å². The Labute approximate surface area is 116 Å². The lowest BCUT2D eigenvalue weighted by molar-refractivity contribution is 0.257. The van der Waals surface area contributed by atoms with Crippen LogP contribution in [0.25, 0.3) is 0 Å². The summed E-state index contributed by atoms with van der Waals surface area (Å²) in [5.41, 5.74) is 8.11. The smallest absolute Gasteiger partial charge is 0.131 e. The lowest BCUT2D eigenvalue weighted by Crippen LogP contribution is -2.45. The number of piperidine rings is 1. The van der Waals surface area contributed by atoms with Crippen molar-refractivity contribution in [2.75, 3.05) is 38.6 Å². The highest BCUT2D eigenvalue weighted by atomic mass is 15.2. The molecule has 2 rings (SSSR count). The fraction of sp³-hybridized carbons (Fsp3) is 0.667. The highest BCUT2D eigenvalue weighted by Gasteiger charge is 2.23. The first-order chi connectivity index (χ1) is 9.11. The molecule has 0 aliphatic carbocycles. The largest absolute Gasteiger partial charge is 0.355 e. The minimum atomic E-state index is 0.638. The molecule has 0 bridgehead atoms. The van der Waals surface area contributed by atoms with E-state index in [0.29, 0.717) is 12.6 Å². The summed E-state index contributed by atoms with van der Waals surface area (Å²) in [5.74, 6) is 1.15. The number of likely N-dealkylation sites (N-methyl/N-ethyl adjacent to an activating group) is 1. The van der Waals surface area contributed by atoms with Gasteiger partial charge in [-0.15, -0.1) is 0 Å². The maximum absolute atomic E-state index is 5.60. The van der Waals surface area contributed by atoms with Crippen LogP contribution in [0, 0.1) is 6.92 Å². The average molecular weight is 262 g/mol. The summed E-state index contributed by atoms with van der Waals surface area (Å²) in [7, 11) is 4.33. The van der Waals surface area contributed by atoms with Crippen molar-refractivity contribution < 1.29 is 0 Å². The number of nitrogens with zero attached hydrogens (tertiary/aromatic N) is 3. The number of rotatable bonds is 4. The second kappa shape index (κ2) is 6.35. The van der Waals surface area contributed by atoms with Gasteiger partial charge in [-0.2, -0.15) is 0 Å². The Kier molecular flexibility index (Phi) is 4.77. The molecule has 1 atom stereocenters. The molecule has 2 heterocycles. The van der Waals surface area contributed by atoms with E-state index in [1.54, 1.807) is 0 Å². The standard InChI is InChI=1S/C15H26N4/c1-12-9-13(6-7-16)10-17-15(12)19-8-4-5-14(11-19)18(2)3/h9-10,14H,4-8,11,16H2,1-3H3. The Balaban J connectivity index is 2.12. The molecule has 4 heteroatoms. The van der Waals surface area contributed by atoms with E-state index in [1.165, 1.54) is 24.0 Å². The lowest BCUT2D eigenvalue weighted by atomic mass is 10.0. The Hall–Kier alpha value is -1.13. The van der Waals surface area contributed by atoms with Gasteiger partial charge in [0, 0.05) is 25.3 Å². The predicted octanol–water partition coefficient (Wildman–Crippen LogP) is 1.42. The molecule has 1 aromatic rings. The maximum atomic E-state index is 5.60. The van der Waals surface area contributed by atoms with Crippen LogP contribution >= 0.6 is 0 Å². The van der Waals surface area contributed by atoms with Gasteiger partial charge in [0.15, 0.2) is 0 Å². The Morgan fingerprint density at radius 2 is 2.26 bits per heavy atom. The molecule has 1 aliphatic rings. The molecular formula is C15H26N4. The van der Waals surface area contributed by atoms with E-state index >= 15 is 0 Å². The quantitative estimate of drug-likeness (QED) is 0.891. The molecule has 0 amide bonds. The first-order valence-corrected chi connectivity index (χ1v) is 7.18. The SMILES string of the molecule is Cc1cc(CCN)cnc1N1CCCC(N(C)C)C1. The number of anilines is 1. The van der Waals surface area contributed by atoms with Crippen LogP contribution < -0.4 is 10.6 Å². The van der Waals surface area contributed by atoms with E-state index in [-0.39, 0.29) is 0 Å². The summed E-state index contributed by atoms with van der Waals surface area (Å²) in [6, 6.07) is 2.87. The van der Waals surface area contributed by atoms with Crippen molar-refractivity contribution in [3.05, 3.63) is 23.4 Å². The molecule has 1 aliphatic heterocycles. The average Bonchev–Trinajstić information content (AvgIpc) is 2.39. The Morgan fingerprint density at radius 1 is 1.47 bits per heavy atom. The molecule has 106 valence electrons. The van der Waals surface area contributed by atoms with Crippen molar-refractivity contribution in [1.82, 2.24) is 9.88 Å². The van der Waals surface area contributed by atoms with E-state index in [2.05, 4.69) is 41.9 Å². The molecule has 1 unspecified atom stereocenters. The van der Waals surface area contributed by atoms with Crippen molar-refractivity contribution in [2.24, 2.45) is 5.73 Å². The fourth-order valence-electron chi connectivity index (χ4n) is 2.83. The zero-order chi connectivity index (χ0) is 13.8. The minimum Gasteiger partial charge on any atom is -0.355 e. The van der Waals surface area contributed by atoms with Crippen LogP contribution in [-0.2, 0) is 6.42 Å². The van der Waals surface area contributed by atoms with Crippen LogP contribution in [0.1, 0.15) is 24.0 Å². The van der Waals surface area contributed by atoms with Gasteiger partial charge in [-0.05, 0) is 58.0 Å². The normalized spacial score (nSPS) is 20.1. The summed E-state index contributed by atoms with van der Waals surface area (Å²) in [4.78, 5) is 9.42. The molecular weight excluding hydrogens is 236 g/mol. The monoisotopic (exact) mass is 262 g/mol. The Bertz CT molecular complexity index is 417. The van der Waals surface area contributed by atoms with Gasteiger partial charge in [0.1, 0.15) is 5.82 Å². The third kappa shape index (κ3) is 3.45. The molecule has 4 nitrogen and oxygen atoms in total. The molecule has 1 saturated heterocycles. The molecule has 19 heavy (non-hydrogen) atoms. The summed E-state index contributed by atoms with van der Waals surface area (Å²) in [5, 5.41) is 0. The second-order valence-electron chi connectivity index (χ2n) is 5.73. The molecule has 0 aromatic carbocycles. The van der Waals surface area contributed by atoms with Gasteiger partial charge in [-0.1, -0.05) is 6.07 Å². The number of hydrogen-bond donors (Lipinski definition) is 1. The van der Waals surface area contributed by atoms with E-state index in [9.17, 15) is 0 Å². The van der Waals surface area contributed by atoms with Gasteiger partial charge in [-0.3, -0.25) is 0 Å². The first-order valence-electron chi connectivity index (χ1n) is 7.18. The van der Waals surface area contributed by atoms with Gasteiger partial charge in [0.25, 0.3) is 0 Å². The van der Waals surface area contributed by atoms with Crippen LogP contribution in [0.4, 0.5) is 5.82 Å². The highest BCUT2D eigenvalue weighted by molar-refractivity contribution is 5.48. The minimum absolute atomic E-state index is 0.638. The number of nitrogens with two attached hydrogens (primary N) is 1. The van der Waals surface area contributed by atoms with Gasteiger partial charge < -0.3 is 15.5 Å². The summed E-state index contributed by atoms with van der Waals surface area (Å²) >= 11 is 0. The number of pyridine rings is 1. The lowest BCUT2D eigenvalue weighted by Gasteiger charge is -2.37. The zero-order valence-electron chi connectivity index (χ0n) is 12.4. The van der Waals surface area contributed by atoms with E-state index in [0.717, 1.165) is 25.3 Å². The third-order valence-corrected chi connectivity index (χ3v) is 3.97. The predicted molar refractivity (Wildman–Crippen MR) is 80.7 cm³/mol. The molecule has 2 N–H and O–H groups in total. The van der Waals surface area contributed by atoms with E-state index in [1.807, 2.05) is 6.20 Å². The third-order valence-electron chi connectivity index (χ3n) is 3.97. The van der Waals surface area contributed by atoms with Crippen LogP contribution in [0.5, 0.6) is 0 Å². The molecule has 1 aromatic heterocycles. The van der Waals surface area contributed by atoms with Crippen LogP contribution in [0.2, 0.25) is 0 Å². The van der Waals surface area contributed by atoms with E-state index in [4.69, 9.17) is 5.73 Å². The van der Waals surface area contributed by atoms with E-state index < -0.39 is 0 Å². The van der Waals surface area contributed by atoms with Gasteiger partial charge >= 0.3 is 0 Å². The molecule has 1 fully saturated rings. The summed E-state index contributed by atoms with van der Waals surface area (Å²) in [6.45, 7) is 5.04. The topological polar surface area (TPSA) is 45.4 Å². The first kappa shape index (κ1) is 14.3. The number of hydrogen-bond acceptors (Lipinski definition) is 4. The van der Waals surface area contributed by atoms with Gasteiger partial charge in [0.05, 0.1) is 0 Å².